The van der Waals surface area contributed by atoms with Crippen molar-refractivity contribution in [2.75, 3.05) is 32.9 Å². The summed E-state index contributed by atoms with van der Waals surface area (Å²) in [4.78, 5) is 4.96. The normalized spacial score (nSPS) is 23.6. The van der Waals surface area contributed by atoms with Crippen molar-refractivity contribution >= 4 is 17.3 Å². The highest BCUT2D eigenvalue weighted by atomic mass is 35.5. The molecular weight excluding hydrogens is 358 g/mol. The standard InChI is InChI=1S/C22H28ClN3O/c1-25(2)17-9-11-26(12-10-17)20-13-15-5-3-4-6-18(15)22(20)27-21-8-7-16(24)14-19(21)23/h3-8,14,17,20,22H,9-13,24H2,1-2H3/t20-,22-/m1/s1. The average Bonchev–Trinajstić information content (AvgIpc) is 3.02. The molecule has 1 heterocycles. The molecule has 1 aliphatic carbocycles. The highest BCUT2D eigenvalue weighted by molar-refractivity contribution is 6.32. The molecule has 0 saturated carbocycles. The van der Waals surface area contributed by atoms with Crippen LogP contribution in [0.1, 0.15) is 30.1 Å². The largest absolute Gasteiger partial charge is 0.482 e. The number of fused-ring (bicyclic) bond motifs is 1. The van der Waals surface area contributed by atoms with E-state index in [1.165, 1.54) is 24.0 Å². The maximum absolute atomic E-state index is 6.49. The highest BCUT2D eigenvalue weighted by Gasteiger charge is 2.39. The van der Waals surface area contributed by atoms with Gasteiger partial charge in [0.05, 0.1) is 11.1 Å². The van der Waals surface area contributed by atoms with Crippen LogP contribution in [-0.2, 0) is 6.42 Å². The number of nitrogens with two attached hydrogens (primary N) is 1. The molecule has 2 aromatic carbocycles. The molecular formula is C22H28ClN3O. The Morgan fingerprint density at radius 3 is 2.56 bits per heavy atom. The van der Waals surface area contributed by atoms with Gasteiger partial charge in [0.2, 0.25) is 0 Å². The molecule has 2 aliphatic rings. The number of anilines is 1. The summed E-state index contributed by atoms with van der Waals surface area (Å²) < 4.78 is 6.49. The summed E-state index contributed by atoms with van der Waals surface area (Å²) >= 11 is 6.40. The number of halogens is 1. The van der Waals surface area contributed by atoms with Crippen molar-refractivity contribution in [3.05, 3.63) is 58.6 Å². The number of hydrogen-bond acceptors (Lipinski definition) is 4. The van der Waals surface area contributed by atoms with Crippen molar-refractivity contribution in [1.29, 1.82) is 0 Å². The monoisotopic (exact) mass is 385 g/mol. The smallest absolute Gasteiger partial charge is 0.140 e. The molecule has 0 spiro atoms. The third kappa shape index (κ3) is 3.79. The van der Waals surface area contributed by atoms with Crippen molar-refractivity contribution in [3.8, 4) is 5.75 Å². The zero-order valence-corrected chi connectivity index (χ0v) is 16.8. The fraction of sp³-hybridized carbons (Fsp3) is 0.455. The van der Waals surface area contributed by atoms with Crippen LogP contribution in [0.2, 0.25) is 5.02 Å². The SMILES string of the molecule is CN(C)C1CCN([C@@H]2Cc3ccccc3[C@H]2Oc2ccc(N)cc2Cl)CC1. The van der Waals surface area contributed by atoms with E-state index in [2.05, 4.69) is 48.2 Å². The summed E-state index contributed by atoms with van der Waals surface area (Å²) in [6.07, 6.45) is 3.43. The second-order valence-electron chi connectivity index (χ2n) is 7.93. The first kappa shape index (κ1) is 18.6. The number of piperidine rings is 1. The van der Waals surface area contributed by atoms with Crippen molar-refractivity contribution in [1.82, 2.24) is 9.80 Å². The van der Waals surface area contributed by atoms with Gasteiger partial charge in [-0.25, -0.2) is 0 Å². The van der Waals surface area contributed by atoms with E-state index in [0.717, 1.165) is 19.5 Å². The molecule has 0 bridgehead atoms. The van der Waals surface area contributed by atoms with E-state index in [4.69, 9.17) is 22.1 Å². The second kappa shape index (κ2) is 7.70. The van der Waals surface area contributed by atoms with Gasteiger partial charge in [-0.3, -0.25) is 4.90 Å². The first-order chi connectivity index (χ1) is 13.0. The molecule has 2 N–H and O–H groups in total. The Morgan fingerprint density at radius 1 is 1.11 bits per heavy atom. The summed E-state index contributed by atoms with van der Waals surface area (Å²) in [5, 5.41) is 0.574. The van der Waals surface area contributed by atoms with Gasteiger partial charge in [-0.2, -0.15) is 0 Å². The minimum atomic E-state index is -0.00164. The molecule has 4 rings (SSSR count). The zero-order valence-electron chi connectivity index (χ0n) is 16.1. The Morgan fingerprint density at radius 2 is 1.85 bits per heavy atom. The summed E-state index contributed by atoms with van der Waals surface area (Å²) in [7, 11) is 4.36. The van der Waals surface area contributed by atoms with E-state index in [-0.39, 0.29) is 6.10 Å². The van der Waals surface area contributed by atoms with Gasteiger partial charge in [0.15, 0.2) is 0 Å². The maximum Gasteiger partial charge on any atom is 0.140 e. The van der Waals surface area contributed by atoms with E-state index in [1.54, 1.807) is 6.07 Å². The lowest BCUT2D eigenvalue weighted by molar-refractivity contribution is 0.0458. The van der Waals surface area contributed by atoms with E-state index >= 15 is 0 Å². The van der Waals surface area contributed by atoms with Crippen LogP contribution in [0.3, 0.4) is 0 Å². The predicted molar refractivity (Wildman–Crippen MR) is 111 cm³/mol. The van der Waals surface area contributed by atoms with Gasteiger partial charge in [0, 0.05) is 24.8 Å². The van der Waals surface area contributed by atoms with Crippen LogP contribution >= 0.6 is 11.6 Å². The number of likely N-dealkylation sites (tertiary alicyclic amines) is 1. The number of hydrogen-bond donors (Lipinski definition) is 1. The number of benzene rings is 2. The third-order valence-electron chi connectivity index (χ3n) is 6.05. The van der Waals surface area contributed by atoms with Gasteiger partial charge in [0.1, 0.15) is 11.9 Å². The molecule has 144 valence electrons. The van der Waals surface area contributed by atoms with E-state index in [9.17, 15) is 0 Å². The van der Waals surface area contributed by atoms with Crippen LogP contribution in [0.15, 0.2) is 42.5 Å². The third-order valence-corrected chi connectivity index (χ3v) is 6.34. The lowest BCUT2D eigenvalue weighted by Gasteiger charge is -2.40. The molecule has 0 aromatic heterocycles. The molecule has 2 atom stereocenters. The Hall–Kier alpha value is -1.75. The first-order valence-electron chi connectivity index (χ1n) is 9.73. The van der Waals surface area contributed by atoms with Crippen LogP contribution < -0.4 is 10.5 Å². The van der Waals surface area contributed by atoms with Gasteiger partial charge in [-0.05, 0) is 62.7 Å². The van der Waals surface area contributed by atoms with Gasteiger partial charge in [-0.15, -0.1) is 0 Å². The molecule has 0 unspecified atom stereocenters. The lowest BCUT2D eigenvalue weighted by Crippen LogP contribution is -2.48. The van der Waals surface area contributed by atoms with Crippen molar-refractivity contribution < 1.29 is 4.74 Å². The maximum atomic E-state index is 6.49. The zero-order chi connectivity index (χ0) is 19.0. The highest BCUT2D eigenvalue weighted by Crippen LogP contribution is 2.40. The van der Waals surface area contributed by atoms with Gasteiger partial charge >= 0.3 is 0 Å². The van der Waals surface area contributed by atoms with Crippen molar-refractivity contribution in [3.63, 3.8) is 0 Å². The Kier molecular flexibility index (Phi) is 5.31. The molecule has 1 fully saturated rings. The fourth-order valence-corrected chi connectivity index (χ4v) is 4.72. The molecule has 1 aliphatic heterocycles. The minimum absolute atomic E-state index is 0.00164. The van der Waals surface area contributed by atoms with Crippen molar-refractivity contribution in [2.45, 2.75) is 37.5 Å². The Bertz CT molecular complexity index is 802. The van der Waals surface area contributed by atoms with E-state index < -0.39 is 0 Å². The molecule has 1 saturated heterocycles. The predicted octanol–water partition coefficient (Wildman–Crippen LogP) is 3.99. The average molecular weight is 386 g/mol. The van der Waals surface area contributed by atoms with Gasteiger partial charge in [0.25, 0.3) is 0 Å². The molecule has 0 amide bonds. The summed E-state index contributed by atoms with van der Waals surface area (Å²) in [5.74, 6) is 0.709. The fourth-order valence-electron chi connectivity index (χ4n) is 4.48. The van der Waals surface area contributed by atoms with Gasteiger partial charge < -0.3 is 15.4 Å². The molecule has 5 heteroatoms. The minimum Gasteiger partial charge on any atom is -0.482 e. The second-order valence-corrected chi connectivity index (χ2v) is 8.34. The Balaban J connectivity index is 1.57. The molecule has 4 nitrogen and oxygen atoms in total. The molecule has 27 heavy (non-hydrogen) atoms. The van der Waals surface area contributed by atoms with Crippen LogP contribution in [0.25, 0.3) is 0 Å². The summed E-state index contributed by atoms with van der Waals surface area (Å²) in [6, 6.07) is 15.1. The summed E-state index contributed by atoms with van der Waals surface area (Å²) in [6.45, 7) is 2.22. The number of nitrogens with zero attached hydrogens (tertiary/aromatic N) is 2. The first-order valence-corrected chi connectivity index (χ1v) is 10.1. The van der Waals surface area contributed by atoms with Gasteiger partial charge in [-0.1, -0.05) is 35.9 Å². The molecule has 2 aromatic rings. The van der Waals surface area contributed by atoms with E-state index in [0.29, 0.717) is 28.5 Å². The summed E-state index contributed by atoms with van der Waals surface area (Å²) in [5.41, 5.74) is 9.16. The number of nitrogen functional groups attached to an aromatic ring is 1. The number of ether oxygens (including phenoxy) is 1. The van der Waals surface area contributed by atoms with E-state index in [1.807, 2.05) is 12.1 Å². The number of rotatable bonds is 4. The topological polar surface area (TPSA) is 41.7 Å². The van der Waals surface area contributed by atoms with Crippen LogP contribution in [0, 0.1) is 0 Å². The van der Waals surface area contributed by atoms with Crippen LogP contribution in [0.4, 0.5) is 5.69 Å². The van der Waals surface area contributed by atoms with Crippen LogP contribution in [-0.4, -0.2) is 49.1 Å². The quantitative estimate of drug-likeness (QED) is 0.808. The molecule has 0 radical (unpaired) electrons. The van der Waals surface area contributed by atoms with Crippen LogP contribution in [0.5, 0.6) is 5.75 Å². The lowest BCUT2D eigenvalue weighted by atomic mass is 10.0. The Labute approximate surface area is 166 Å². The van der Waals surface area contributed by atoms with Crippen molar-refractivity contribution in [2.24, 2.45) is 0 Å².